The first kappa shape index (κ1) is 16.7. The lowest BCUT2D eigenvalue weighted by atomic mass is 10.2. The van der Waals surface area contributed by atoms with Crippen molar-refractivity contribution in [2.75, 3.05) is 30.3 Å². The number of nitrogens with zero attached hydrogens (tertiary/aromatic N) is 2. The summed E-state index contributed by atoms with van der Waals surface area (Å²) in [7, 11) is 0. The van der Waals surface area contributed by atoms with Gasteiger partial charge in [-0.2, -0.15) is 0 Å². The van der Waals surface area contributed by atoms with Gasteiger partial charge in [0.05, 0.1) is 0 Å². The molecule has 0 aliphatic carbocycles. The number of anilines is 2. The van der Waals surface area contributed by atoms with Crippen molar-refractivity contribution in [3.05, 3.63) is 11.9 Å². The Labute approximate surface area is 122 Å². The maximum absolute atomic E-state index is 8.75. The first-order valence-electron chi connectivity index (χ1n) is 7.76. The molecule has 0 bridgehead atoms. The van der Waals surface area contributed by atoms with Gasteiger partial charge in [0.25, 0.3) is 0 Å². The van der Waals surface area contributed by atoms with Gasteiger partial charge in [0.1, 0.15) is 17.5 Å². The fourth-order valence-corrected chi connectivity index (χ4v) is 1.90. The molecular weight excluding hydrogens is 252 g/mol. The Balaban J connectivity index is 2.55. The van der Waals surface area contributed by atoms with Crippen LogP contribution in [0.1, 0.15) is 51.8 Å². The third kappa shape index (κ3) is 6.70. The van der Waals surface area contributed by atoms with Crippen LogP contribution in [-0.2, 0) is 6.42 Å². The normalized spacial score (nSPS) is 10.6. The second-order valence-corrected chi connectivity index (χ2v) is 4.94. The fourth-order valence-electron chi connectivity index (χ4n) is 1.90. The quantitative estimate of drug-likeness (QED) is 0.544. The SMILES string of the molecule is CCCNc1cc(NCCCCCO)nc(CCC)n1. The zero-order valence-corrected chi connectivity index (χ0v) is 12.8. The van der Waals surface area contributed by atoms with Crippen molar-refractivity contribution < 1.29 is 5.11 Å². The molecule has 3 N–H and O–H groups in total. The summed E-state index contributed by atoms with van der Waals surface area (Å²) in [6.45, 7) is 6.37. The van der Waals surface area contributed by atoms with Crippen LogP contribution < -0.4 is 10.6 Å². The van der Waals surface area contributed by atoms with Crippen LogP contribution in [-0.4, -0.2) is 34.8 Å². The molecule has 1 heterocycles. The summed E-state index contributed by atoms with van der Waals surface area (Å²) in [5.74, 6) is 2.70. The number of nitrogens with one attached hydrogen (secondary N) is 2. The molecule has 114 valence electrons. The van der Waals surface area contributed by atoms with Gasteiger partial charge < -0.3 is 15.7 Å². The van der Waals surface area contributed by atoms with Gasteiger partial charge in [-0.1, -0.05) is 13.8 Å². The number of aliphatic hydroxyl groups is 1. The topological polar surface area (TPSA) is 70.1 Å². The molecule has 0 atom stereocenters. The molecule has 1 aromatic rings. The van der Waals surface area contributed by atoms with Crippen LogP contribution in [0.4, 0.5) is 11.6 Å². The maximum Gasteiger partial charge on any atom is 0.133 e. The molecule has 0 spiro atoms. The first-order valence-corrected chi connectivity index (χ1v) is 7.76. The summed E-state index contributed by atoms with van der Waals surface area (Å²) in [4.78, 5) is 9.06. The lowest BCUT2D eigenvalue weighted by molar-refractivity contribution is 0.283. The standard InChI is InChI=1S/C15H28N4O/c1-3-8-13-18-14(16-9-4-2)12-15(19-13)17-10-6-5-7-11-20/h12,20H,3-11H2,1-2H3,(H2,16,17,18,19). The average molecular weight is 280 g/mol. The van der Waals surface area contributed by atoms with Crippen molar-refractivity contribution in [1.82, 2.24) is 9.97 Å². The molecule has 1 rings (SSSR count). The van der Waals surface area contributed by atoms with E-state index in [1.807, 2.05) is 6.07 Å². The van der Waals surface area contributed by atoms with Gasteiger partial charge in [0, 0.05) is 32.2 Å². The minimum atomic E-state index is 0.277. The van der Waals surface area contributed by atoms with E-state index in [0.29, 0.717) is 0 Å². The van der Waals surface area contributed by atoms with E-state index >= 15 is 0 Å². The molecule has 0 saturated carbocycles. The second kappa shape index (κ2) is 10.4. The first-order chi connectivity index (χ1) is 9.80. The number of hydrogen-bond donors (Lipinski definition) is 3. The highest BCUT2D eigenvalue weighted by Gasteiger charge is 2.03. The van der Waals surface area contributed by atoms with Crippen LogP contribution in [0.15, 0.2) is 6.07 Å². The average Bonchev–Trinajstić information content (AvgIpc) is 2.45. The van der Waals surface area contributed by atoms with Gasteiger partial charge in [0.2, 0.25) is 0 Å². The molecule has 1 aromatic heterocycles. The van der Waals surface area contributed by atoms with Crippen LogP contribution in [0, 0.1) is 0 Å². The van der Waals surface area contributed by atoms with E-state index in [1.165, 1.54) is 0 Å². The Hall–Kier alpha value is -1.36. The molecule has 0 unspecified atom stereocenters. The van der Waals surface area contributed by atoms with Crippen LogP contribution in [0.25, 0.3) is 0 Å². The summed E-state index contributed by atoms with van der Waals surface area (Å²) in [6, 6.07) is 1.97. The highest BCUT2D eigenvalue weighted by molar-refractivity contribution is 5.47. The van der Waals surface area contributed by atoms with Crippen LogP contribution in [0.2, 0.25) is 0 Å². The summed E-state index contributed by atoms with van der Waals surface area (Å²) < 4.78 is 0. The van der Waals surface area contributed by atoms with E-state index in [4.69, 9.17) is 5.11 Å². The van der Waals surface area contributed by atoms with Crippen molar-refractivity contribution in [2.24, 2.45) is 0 Å². The summed E-state index contributed by atoms with van der Waals surface area (Å²) >= 11 is 0. The van der Waals surface area contributed by atoms with Gasteiger partial charge in [0.15, 0.2) is 0 Å². The largest absolute Gasteiger partial charge is 0.396 e. The highest BCUT2D eigenvalue weighted by Crippen LogP contribution is 2.13. The minimum Gasteiger partial charge on any atom is -0.396 e. The van der Waals surface area contributed by atoms with Crippen molar-refractivity contribution in [1.29, 1.82) is 0 Å². The number of aryl methyl sites for hydroxylation is 1. The number of unbranched alkanes of at least 4 members (excludes halogenated alkanes) is 2. The van der Waals surface area contributed by atoms with E-state index in [0.717, 1.165) is 69.1 Å². The third-order valence-electron chi connectivity index (χ3n) is 2.94. The number of hydrogen-bond acceptors (Lipinski definition) is 5. The van der Waals surface area contributed by atoms with E-state index in [9.17, 15) is 0 Å². The molecule has 5 nitrogen and oxygen atoms in total. The Morgan fingerprint density at radius 2 is 1.65 bits per heavy atom. The van der Waals surface area contributed by atoms with Gasteiger partial charge in [-0.25, -0.2) is 9.97 Å². The Morgan fingerprint density at radius 3 is 2.25 bits per heavy atom. The lowest BCUT2D eigenvalue weighted by Crippen LogP contribution is -2.09. The minimum absolute atomic E-state index is 0.277. The monoisotopic (exact) mass is 280 g/mol. The highest BCUT2D eigenvalue weighted by atomic mass is 16.2. The molecule has 0 amide bonds. The van der Waals surface area contributed by atoms with Gasteiger partial charge in [-0.3, -0.25) is 0 Å². The van der Waals surface area contributed by atoms with Crippen molar-refractivity contribution >= 4 is 11.6 Å². The summed E-state index contributed by atoms with van der Waals surface area (Å²) in [5, 5.41) is 15.4. The summed E-state index contributed by atoms with van der Waals surface area (Å²) in [6.07, 6.45) is 5.99. The lowest BCUT2D eigenvalue weighted by Gasteiger charge is -2.10. The molecular formula is C15H28N4O. The number of aromatic nitrogens is 2. The van der Waals surface area contributed by atoms with E-state index in [-0.39, 0.29) is 6.61 Å². The third-order valence-corrected chi connectivity index (χ3v) is 2.94. The maximum atomic E-state index is 8.75. The fraction of sp³-hybridized carbons (Fsp3) is 0.733. The van der Waals surface area contributed by atoms with Gasteiger partial charge in [-0.05, 0) is 32.1 Å². The van der Waals surface area contributed by atoms with Gasteiger partial charge in [-0.15, -0.1) is 0 Å². The van der Waals surface area contributed by atoms with E-state index < -0.39 is 0 Å². The smallest absolute Gasteiger partial charge is 0.133 e. The van der Waals surface area contributed by atoms with E-state index in [2.05, 4.69) is 34.4 Å². The van der Waals surface area contributed by atoms with Crippen molar-refractivity contribution in [3.8, 4) is 0 Å². The Morgan fingerprint density at radius 1 is 0.950 bits per heavy atom. The van der Waals surface area contributed by atoms with Crippen molar-refractivity contribution in [3.63, 3.8) is 0 Å². The molecule has 5 heteroatoms. The summed E-state index contributed by atoms with van der Waals surface area (Å²) in [5.41, 5.74) is 0. The van der Waals surface area contributed by atoms with Crippen LogP contribution in [0.5, 0.6) is 0 Å². The molecule has 0 saturated heterocycles. The zero-order chi connectivity index (χ0) is 14.6. The molecule has 0 aromatic carbocycles. The predicted octanol–water partition coefficient (Wildman–Crippen LogP) is 2.83. The second-order valence-electron chi connectivity index (χ2n) is 4.94. The van der Waals surface area contributed by atoms with E-state index in [1.54, 1.807) is 0 Å². The number of rotatable bonds is 11. The van der Waals surface area contributed by atoms with Gasteiger partial charge >= 0.3 is 0 Å². The van der Waals surface area contributed by atoms with Crippen LogP contribution in [0.3, 0.4) is 0 Å². The molecule has 0 aliphatic rings. The predicted molar refractivity (Wildman–Crippen MR) is 84.2 cm³/mol. The molecule has 0 radical (unpaired) electrons. The number of aliphatic hydroxyl groups excluding tert-OH is 1. The molecule has 0 fully saturated rings. The molecule has 20 heavy (non-hydrogen) atoms. The van der Waals surface area contributed by atoms with Crippen LogP contribution >= 0.6 is 0 Å². The molecule has 0 aliphatic heterocycles. The van der Waals surface area contributed by atoms with Crippen molar-refractivity contribution in [2.45, 2.75) is 52.4 Å². The zero-order valence-electron chi connectivity index (χ0n) is 12.8. The Kier molecular flexibility index (Phi) is 8.71. The Bertz CT molecular complexity index is 371.